The van der Waals surface area contributed by atoms with E-state index >= 15 is 0 Å². The Labute approximate surface area is 159 Å². The van der Waals surface area contributed by atoms with E-state index in [0.29, 0.717) is 18.9 Å². The van der Waals surface area contributed by atoms with Gasteiger partial charge in [-0.15, -0.1) is 0 Å². The van der Waals surface area contributed by atoms with Crippen LogP contribution in [0.4, 0.5) is 0 Å². The molecule has 3 nitrogen and oxygen atoms in total. The van der Waals surface area contributed by atoms with Crippen LogP contribution in [0.25, 0.3) is 0 Å². The first-order valence-corrected chi connectivity index (χ1v) is 9.67. The van der Waals surface area contributed by atoms with Crippen LogP contribution in [0.1, 0.15) is 53.4 Å². The minimum absolute atomic E-state index is 0.0388. The van der Waals surface area contributed by atoms with E-state index in [0.717, 1.165) is 19.3 Å². The second kappa shape index (κ2) is 12.5. The summed E-state index contributed by atoms with van der Waals surface area (Å²) in [5.74, 6) is 0.414. The molecule has 144 valence electrons. The monoisotopic (exact) mass is 357 g/mol. The van der Waals surface area contributed by atoms with E-state index in [1.54, 1.807) is 6.08 Å². The van der Waals surface area contributed by atoms with E-state index in [1.165, 1.54) is 17.2 Å². The normalized spacial score (nSPS) is 35.1. The molecule has 1 amide bonds. The SMILES string of the molecule is C/C1=C\C=C\CCC(C)CNC(=O)/C=C/C=C/[C@H](C)[C@@H](O)C/C=C(\C)C1. The topological polar surface area (TPSA) is 49.3 Å². The number of nitrogens with one attached hydrogen (secondary N) is 1. The van der Waals surface area contributed by atoms with Gasteiger partial charge in [-0.25, -0.2) is 0 Å². The summed E-state index contributed by atoms with van der Waals surface area (Å²) in [4.78, 5) is 11.8. The van der Waals surface area contributed by atoms with E-state index in [4.69, 9.17) is 0 Å². The maximum Gasteiger partial charge on any atom is 0.243 e. The van der Waals surface area contributed by atoms with Crippen LogP contribution < -0.4 is 5.32 Å². The van der Waals surface area contributed by atoms with Crippen LogP contribution in [0, 0.1) is 11.8 Å². The highest BCUT2D eigenvalue weighted by atomic mass is 16.3. The number of allylic oxidation sites excluding steroid dienone is 7. The van der Waals surface area contributed by atoms with Crippen molar-refractivity contribution in [2.45, 2.75) is 59.5 Å². The van der Waals surface area contributed by atoms with Crippen molar-refractivity contribution in [3.63, 3.8) is 0 Å². The fraction of sp³-hybridized carbons (Fsp3) is 0.522. The van der Waals surface area contributed by atoms with Crippen LogP contribution in [-0.4, -0.2) is 23.7 Å². The van der Waals surface area contributed by atoms with Gasteiger partial charge in [-0.2, -0.15) is 0 Å². The standard InChI is InChI=1S/C23H35NO2/c1-18-10-6-5-7-11-20(3)17-24-23(26)13-9-8-12-21(4)22(25)15-14-19(2)16-18/h5-6,8-10,12-14,20-22,25H,7,11,15-17H2,1-4H3,(H,24,26)/b6-5+,12-8+,13-9+,18-10+,19-14+/t20?,21-,22-/m0/s1. The van der Waals surface area contributed by atoms with Gasteiger partial charge in [-0.1, -0.05) is 67.5 Å². The molecule has 2 N–H and O–H groups in total. The first-order chi connectivity index (χ1) is 12.4. The summed E-state index contributed by atoms with van der Waals surface area (Å²) in [5, 5.41) is 13.2. The summed E-state index contributed by atoms with van der Waals surface area (Å²) in [6.45, 7) is 9.09. The molecule has 1 rings (SSSR count). The molecule has 1 aliphatic heterocycles. The largest absolute Gasteiger partial charge is 0.392 e. The number of amides is 1. The maximum atomic E-state index is 11.8. The molecule has 0 fully saturated rings. The summed E-state index contributed by atoms with van der Waals surface area (Å²) in [6.07, 6.45) is 18.9. The van der Waals surface area contributed by atoms with Gasteiger partial charge in [0.15, 0.2) is 0 Å². The molecule has 3 atom stereocenters. The van der Waals surface area contributed by atoms with Crippen LogP contribution in [0.5, 0.6) is 0 Å². The lowest BCUT2D eigenvalue weighted by atomic mass is 9.98. The minimum Gasteiger partial charge on any atom is -0.392 e. The fourth-order valence-electron chi connectivity index (χ4n) is 2.76. The highest BCUT2D eigenvalue weighted by Crippen LogP contribution is 2.15. The number of hydrogen-bond acceptors (Lipinski definition) is 2. The first-order valence-electron chi connectivity index (χ1n) is 9.67. The zero-order valence-electron chi connectivity index (χ0n) is 16.7. The van der Waals surface area contributed by atoms with E-state index in [-0.39, 0.29) is 11.8 Å². The Hall–Kier alpha value is -1.87. The molecule has 0 aliphatic carbocycles. The molecule has 0 aromatic rings. The third-order valence-corrected chi connectivity index (χ3v) is 4.61. The molecular formula is C23H35NO2. The predicted octanol–water partition coefficient (Wildman–Crippen LogP) is 4.87. The van der Waals surface area contributed by atoms with Crippen molar-refractivity contribution in [1.29, 1.82) is 0 Å². The summed E-state index contributed by atoms with van der Waals surface area (Å²) < 4.78 is 0. The second-order valence-electron chi connectivity index (χ2n) is 7.50. The van der Waals surface area contributed by atoms with Crippen molar-refractivity contribution < 1.29 is 9.90 Å². The molecular weight excluding hydrogens is 322 g/mol. The van der Waals surface area contributed by atoms with Crippen molar-refractivity contribution in [2.24, 2.45) is 11.8 Å². The molecule has 0 saturated carbocycles. The van der Waals surface area contributed by atoms with Gasteiger partial charge in [0.2, 0.25) is 5.91 Å². The lowest BCUT2D eigenvalue weighted by Gasteiger charge is -2.14. The quantitative estimate of drug-likeness (QED) is 0.608. The molecule has 3 heteroatoms. The molecule has 26 heavy (non-hydrogen) atoms. The van der Waals surface area contributed by atoms with Gasteiger partial charge in [0.1, 0.15) is 0 Å². The molecule has 0 spiro atoms. The van der Waals surface area contributed by atoms with E-state index in [1.807, 2.05) is 19.1 Å². The molecule has 0 aromatic carbocycles. The predicted molar refractivity (Wildman–Crippen MR) is 111 cm³/mol. The molecule has 0 aromatic heterocycles. The van der Waals surface area contributed by atoms with E-state index in [2.05, 4.69) is 50.4 Å². The van der Waals surface area contributed by atoms with Gasteiger partial charge in [-0.3, -0.25) is 4.79 Å². The molecule has 0 bridgehead atoms. The van der Waals surface area contributed by atoms with Gasteiger partial charge >= 0.3 is 0 Å². The van der Waals surface area contributed by atoms with Gasteiger partial charge in [0.25, 0.3) is 0 Å². The summed E-state index contributed by atoms with van der Waals surface area (Å²) in [7, 11) is 0. The Morgan fingerprint density at radius 3 is 2.65 bits per heavy atom. The lowest BCUT2D eigenvalue weighted by molar-refractivity contribution is -0.116. The third kappa shape index (κ3) is 10.2. The van der Waals surface area contributed by atoms with Crippen LogP contribution in [-0.2, 0) is 4.79 Å². The number of carbonyl (C=O) groups is 1. The average molecular weight is 358 g/mol. The highest BCUT2D eigenvalue weighted by Gasteiger charge is 2.09. The molecule has 1 heterocycles. The Bertz CT molecular complexity index is 581. The average Bonchev–Trinajstić information content (AvgIpc) is 2.60. The zero-order valence-corrected chi connectivity index (χ0v) is 16.7. The number of aliphatic hydroxyl groups is 1. The van der Waals surface area contributed by atoms with Crippen LogP contribution >= 0.6 is 0 Å². The third-order valence-electron chi connectivity index (χ3n) is 4.61. The summed E-state index contributed by atoms with van der Waals surface area (Å²) >= 11 is 0. The van der Waals surface area contributed by atoms with Crippen molar-refractivity contribution in [2.75, 3.05) is 6.54 Å². The molecule has 0 saturated heterocycles. The maximum absolute atomic E-state index is 11.8. The number of aliphatic hydroxyl groups excluding tert-OH is 1. The number of carbonyl (C=O) groups excluding carboxylic acids is 1. The number of hydrogen-bond donors (Lipinski definition) is 2. The van der Waals surface area contributed by atoms with Gasteiger partial charge < -0.3 is 10.4 Å². The van der Waals surface area contributed by atoms with Gasteiger partial charge in [0, 0.05) is 18.5 Å². The van der Waals surface area contributed by atoms with Crippen molar-refractivity contribution in [1.82, 2.24) is 5.32 Å². The van der Waals surface area contributed by atoms with Crippen molar-refractivity contribution >= 4 is 5.91 Å². The van der Waals surface area contributed by atoms with Crippen molar-refractivity contribution in [3.05, 3.63) is 59.8 Å². The van der Waals surface area contributed by atoms with Crippen molar-refractivity contribution in [3.8, 4) is 0 Å². The number of rotatable bonds is 0. The fourth-order valence-corrected chi connectivity index (χ4v) is 2.76. The van der Waals surface area contributed by atoms with Gasteiger partial charge in [0.05, 0.1) is 6.10 Å². The zero-order chi connectivity index (χ0) is 19.4. The molecule has 1 aliphatic rings. The second-order valence-corrected chi connectivity index (χ2v) is 7.50. The Kier molecular flexibility index (Phi) is 10.6. The van der Waals surface area contributed by atoms with Gasteiger partial charge in [-0.05, 0) is 45.4 Å². The molecule has 1 unspecified atom stereocenters. The van der Waals surface area contributed by atoms with E-state index in [9.17, 15) is 9.90 Å². The lowest BCUT2D eigenvalue weighted by Crippen LogP contribution is -2.26. The summed E-state index contributed by atoms with van der Waals surface area (Å²) in [6, 6.07) is 0. The van der Waals surface area contributed by atoms with Crippen LogP contribution in [0.3, 0.4) is 0 Å². The Morgan fingerprint density at radius 2 is 1.88 bits per heavy atom. The Morgan fingerprint density at radius 1 is 1.12 bits per heavy atom. The Balaban J connectivity index is 2.80. The summed E-state index contributed by atoms with van der Waals surface area (Å²) in [5.41, 5.74) is 2.60. The first kappa shape index (κ1) is 22.2. The smallest absolute Gasteiger partial charge is 0.243 e. The van der Waals surface area contributed by atoms with Crippen LogP contribution in [0.2, 0.25) is 0 Å². The highest BCUT2D eigenvalue weighted by molar-refractivity contribution is 5.87. The minimum atomic E-state index is -0.418. The van der Waals surface area contributed by atoms with Crippen LogP contribution in [0.15, 0.2) is 59.8 Å². The molecule has 0 radical (unpaired) electrons. The van der Waals surface area contributed by atoms with E-state index < -0.39 is 6.10 Å².